The monoisotopic (exact) mass is 271 g/mol. The number of hydrogen-bond donors (Lipinski definition) is 1. The Morgan fingerprint density at radius 3 is 3.00 bits per heavy atom. The van der Waals surface area contributed by atoms with Gasteiger partial charge in [-0.1, -0.05) is 24.3 Å². The fraction of sp³-hybridized carbons (Fsp3) is 0.267. The summed E-state index contributed by atoms with van der Waals surface area (Å²) in [6.45, 7) is 4.05. The Morgan fingerprint density at radius 2 is 2.16 bits per heavy atom. The molecule has 0 radical (unpaired) electrons. The molecule has 0 spiro atoms. The number of thiophene rings is 1. The molecule has 0 saturated carbocycles. The number of para-hydroxylation sites is 1. The van der Waals surface area contributed by atoms with Crippen LogP contribution in [0, 0.1) is 0 Å². The van der Waals surface area contributed by atoms with Crippen molar-refractivity contribution in [2.45, 2.75) is 19.5 Å². The number of fused-ring (bicyclic) bond motifs is 1. The van der Waals surface area contributed by atoms with Gasteiger partial charge in [-0.25, -0.2) is 0 Å². The van der Waals surface area contributed by atoms with Crippen molar-refractivity contribution in [2.75, 3.05) is 6.54 Å². The Bertz CT molecular complexity index is 642. The summed E-state index contributed by atoms with van der Waals surface area (Å²) in [5.41, 5.74) is 1.20. The Hall–Kier alpha value is -1.65. The largest absolute Gasteiger partial charge is 0.310 e. The molecule has 1 atom stereocenters. The smallest absolute Gasteiger partial charge is 0.0686 e. The van der Waals surface area contributed by atoms with Crippen LogP contribution >= 0.6 is 11.3 Å². The highest BCUT2D eigenvalue weighted by Gasteiger charge is 2.08. The molecule has 19 heavy (non-hydrogen) atoms. The molecule has 2 heterocycles. The van der Waals surface area contributed by atoms with Crippen LogP contribution in [-0.4, -0.2) is 16.3 Å². The molecule has 1 aromatic carbocycles. The minimum atomic E-state index is 0.347. The van der Waals surface area contributed by atoms with Crippen LogP contribution in [0.5, 0.6) is 0 Å². The summed E-state index contributed by atoms with van der Waals surface area (Å²) in [7, 11) is 0. The van der Waals surface area contributed by atoms with Crippen LogP contribution < -0.4 is 5.32 Å². The highest BCUT2D eigenvalue weighted by atomic mass is 32.1. The van der Waals surface area contributed by atoms with E-state index in [4.69, 9.17) is 0 Å². The molecule has 98 valence electrons. The fourth-order valence-electron chi connectivity index (χ4n) is 2.25. The second-order valence-electron chi connectivity index (χ2n) is 4.71. The second kappa shape index (κ2) is 5.55. The fourth-order valence-corrected chi connectivity index (χ4v) is 2.92. The van der Waals surface area contributed by atoms with Gasteiger partial charge in [0, 0.05) is 23.4 Å². The van der Waals surface area contributed by atoms with E-state index in [0.29, 0.717) is 6.04 Å². The number of benzene rings is 1. The predicted octanol–water partition coefficient (Wildman–Crippen LogP) is 3.45. The summed E-state index contributed by atoms with van der Waals surface area (Å²) in [4.78, 5) is 1.37. The van der Waals surface area contributed by atoms with Gasteiger partial charge in [-0.05, 0) is 24.4 Å². The molecule has 0 bridgehead atoms. The Kier molecular flexibility index (Phi) is 3.62. The molecule has 0 amide bonds. The third-order valence-electron chi connectivity index (χ3n) is 3.24. The molecule has 0 saturated heterocycles. The third kappa shape index (κ3) is 2.69. The summed E-state index contributed by atoms with van der Waals surface area (Å²) >= 11 is 1.79. The van der Waals surface area contributed by atoms with Crippen LogP contribution in [0.3, 0.4) is 0 Å². The van der Waals surface area contributed by atoms with Crippen LogP contribution in [0.1, 0.15) is 17.8 Å². The van der Waals surface area contributed by atoms with Gasteiger partial charge in [0.25, 0.3) is 0 Å². The quantitative estimate of drug-likeness (QED) is 0.770. The van der Waals surface area contributed by atoms with Crippen molar-refractivity contribution in [1.82, 2.24) is 15.1 Å². The maximum absolute atomic E-state index is 4.49. The topological polar surface area (TPSA) is 29.9 Å². The van der Waals surface area contributed by atoms with E-state index < -0.39 is 0 Å². The first kappa shape index (κ1) is 12.4. The van der Waals surface area contributed by atoms with E-state index in [1.54, 1.807) is 11.3 Å². The lowest BCUT2D eigenvalue weighted by Crippen LogP contribution is -2.23. The van der Waals surface area contributed by atoms with Crippen molar-refractivity contribution in [2.24, 2.45) is 0 Å². The first-order chi connectivity index (χ1) is 9.34. The van der Waals surface area contributed by atoms with E-state index in [2.05, 4.69) is 57.7 Å². The Morgan fingerprint density at radius 1 is 1.26 bits per heavy atom. The minimum absolute atomic E-state index is 0.347. The molecule has 4 heteroatoms. The van der Waals surface area contributed by atoms with Crippen LogP contribution in [0.15, 0.2) is 48.0 Å². The minimum Gasteiger partial charge on any atom is -0.310 e. The van der Waals surface area contributed by atoms with Gasteiger partial charge in [0.1, 0.15) is 0 Å². The van der Waals surface area contributed by atoms with Gasteiger partial charge in [-0.2, -0.15) is 5.10 Å². The van der Waals surface area contributed by atoms with Gasteiger partial charge in [0.15, 0.2) is 0 Å². The molecule has 3 aromatic rings. The maximum Gasteiger partial charge on any atom is 0.0686 e. The van der Waals surface area contributed by atoms with E-state index in [0.717, 1.165) is 13.1 Å². The SMILES string of the molecule is CC(CNCc1cccs1)n1ncc2ccccc21. The van der Waals surface area contributed by atoms with Crippen molar-refractivity contribution >= 4 is 22.2 Å². The first-order valence-electron chi connectivity index (χ1n) is 6.50. The van der Waals surface area contributed by atoms with E-state index in [9.17, 15) is 0 Å². The van der Waals surface area contributed by atoms with Crippen LogP contribution in [0.4, 0.5) is 0 Å². The van der Waals surface area contributed by atoms with E-state index in [1.165, 1.54) is 15.8 Å². The number of aromatic nitrogens is 2. The van der Waals surface area contributed by atoms with E-state index in [1.807, 2.05) is 12.3 Å². The third-order valence-corrected chi connectivity index (χ3v) is 4.12. The van der Waals surface area contributed by atoms with Crippen LogP contribution in [0.2, 0.25) is 0 Å². The van der Waals surface area contributed by atoms with Gasteiger partial charge in [-0.15, -0.1) is 11.3 Å². The van der Waals surface area contributed by atoms with Crippen molar-refractivity contribution in [3.05, 3.63) is 52.9 Å². The van der Waals surface area contributed by atoms with Gasteiger partial charge < -0.3 is 5.32 Å². The number of nitrogens with zero attached hydrogens (tertiary/aromatic N) is 2. The molecule has 0 aliphatic heterocycles. The number of rotatable bonds is 5. The van der Waals surface area contributed by atoms with Crippen molar-refractivity contribution in [3.63, 3.8) is 0 Å². The zero-order chi connectivity index (χ0) is 13.1. The zero-order valence-corrected chi connectivity index (χ0v) is 11.7. The number of nitrogens with one attached hydrogen (secondary N) is 1. The van der Waals surface area contributed by atoms with Crippen LogP contribution in [-0.2, 0) is 6.54 Å². The molecule has 2 aromatic heterocycles. The molecular formula is C15H17N3S. The highest BCUT2D eigenvalue weighted by molar-refractivity contribution is 7.09. The molecule has 0 aliphatic carbocycles. The van der Waals surface area contributed by atoms with Gasteiger partial charge in [-0.3, -0.25) is 4.68 Å². The van der Waals surface area contributed by atoms with E-state index >= 15 is 0 Å². The highest BCUT2D eigenvalue weighted by Crippen LogP contribution is 2.17. The first-order valence-corrected chi connectivity index (χ1v) is 7.38. The summed E-state index contributed by atoms with van der Waals surface area (Å²) in [5.74, 6) is 0. The van der Waals surface area contributed by atoms with Gasteiger partial charge >= 0.3 is 0 Å². The van der Waals surface area contributed by atoms with Gasteiger partial charge in [0.05, 0.1) is 17.8 Å². The average molecular weight is 271 g/mol. The normalized spacial score (nSPS) is 12.9. The van der Waals surface area contributed by atoms with Crippen LogP contribution in [0.25, 0.3) is 10.9 Å². The Balaban J connectivity index is 1.65. The molecule has 0 aliphatic rings. The summed E-state index contributed by atoms with van der Waals surface area (Å²) in [5, 5.41) is 11.3. The molecule has 0 fully saturated rings. The summed E-state index contributed by atoms with van der Waals surface area (Å²) in [6.07, 6.45) is 1.94. The lowest BCUT2D eigenvalue weighted by molar-refractivity contribution is 0.466. The molecular weight excluding hydrogens is 254 g/mol. The van der Waals surface area contributed by atoms with Crippen molar-refractivity contribution in [1.29, 1.82) is 0 Å². The average Bonchev–Trinajstić information content (AvgIpc) is 3.07. The lowest BCUT2D eigenvalue weighted by atomic mass is 10.2. The molecule has 1 unspecified atom stereocenters. The molecule has 1 N–H and O–H groups in total. The van der Waals surface area contributed by atoms with E-state index in [-0.39, 0.29) is 0 Å². The standard InChI is InChI=1S/C15H17N3S/c1-12(9-16-11-14-6-4-8-19-14)18-15-7-3-2-5-13(15)10-17-18/h2-8,10,12,16H,9,11H2,1H3. The Labute approximate surface area is 116 Å². The zero-order valence-electron chi connectivity index (χ0n) is 10.9. The van der Waals surface area contributed by atoms with Crippen molar-refractivity contribution in [3.8, 4) is 0 Å². The van der Waals surface area contributed by atoms with Crippen molar-refractivity contribution < 1.29 is 0 Å². The number of hydrogen-bond acceptors (Lipinski definition) is 3. The molecule has 3 nitrogen and oxygen atoms in total. The maximum atomic E-state index is 4.49. The molecule has 3 rings (SSSR count). The van der Waals surface area contributed by atoms with Gasteiger partial charge in [0.2, 0.25) is 0 Å². The summed E-state index contributed by atoms with van der Waals surface area (Å²) in [6, 6.07) is 12.9. The predicted molar refractivity (Wildman–Crippen MR) is 80.5 cm³/mol. The second-order valence-corrected chi connectivity index (χ2v) is 5.74. The lowest BCUT2D eigenvalue weighted by Gasteiger charge is -2.14. The summed E-state index contributed by atoms with van der Waals surface area (Å²) < 4.78 is 2.09.